The quantitative estimate of drug-likeness (QED) is 0.422. The minimum Gasteiger partial charge on any atom is -0.497 e. The van der Waals surface area contributed by atoms with Crippen molar-refractivity contribution in [3.8, 4) is 17.2 Å². The molecule has 0 aliphatic carbocycles. The first-order chi connectivity index (χ1) is 15.9. The molecule has 0 aliphatic heterocycles. The molecule has 2 N–H and O–H groups in total. The standard InChI is InChI=1S/C23H20N4O5S/c1-15-3-12-20(33(29,30)27-18-8-10-19(31-2)11-9-18)13-21(15)22(28)25-17-6-4-16(5-7-17)23-26-24-14-32-23/h3-14,27H,1-2H3,(H,25,28). The number of carbonyl (C=O) groups is 1. The summed E-state index contributed by atoms with van der Waals surface area (Å²) in [6.07, 6.45) is 1.23. The zero-order valence-electron chi connectivity index (χ0n) is 17.8. The highest BCUT2D eigenvalue weighted by molar-refractivity contribution is 7.92. The second kappa shape index (κ2) is 9.13. The predicted octanol–water partition coefficient (Wildman–Crippen LogP) is 4.11. The summed E-state index contributed by atoms with van der Waals surface area (Å²) in [6, 6.07) is 17.7. The van der Waals surface area contributed by atoms with Gasteiger partial charge < -0.3 is 14.5 Å². The van der Waals surface area contributed by atoms with E-state index < -0.39 is 15.9 Å². The number of benzene rings is 3. The summed E-state index contributed by atoms with van der Waals surface area (Å²) >= 11 is 0. The van der Waals surface area contributed by atoms with Crippen LogP contribution in [0.15, 0.2) is 82.4 Å². The van der Waals surface area contributed by atoms with Gasteiger partial charge in [-0.25, -0.2) is 8.42 Å². The number of aryl methyl sites for hydroxylation is 1. The molecule has 0 spiro atoms. The molecule has 0 unspecified atom stereocenters. The molecule has 168 valence electrons. The summed E-state index contributed by atoms with van der Waals surface area (Å²) in [5, 5.41) is 10.2. The maximum atomic E-state index is 12.9. The lowest BCUT2D eigenvalue weighted by molar-refractivity contribution is 0.102. The van der Waals surface area contributed by atoms with Crippen LogP contribution in [0.5, 0.6) is 5.75 Å². The zero-order valence-corrected chi connectivity index (χ0v) is 18.6. The van der Waals surface area contributed by atoms with Gasteiger partial charge in [-0.2, -0.15) is 0 Å². The highest BCUT2D eigenvalue weighted by Crippen LogP contribution is 2.23. The van der Waals surface area contributed by atoms with Crippen molar-refractivity contribution < 1.29 is 22.4 Å². The van der Waals surface area contributed by atoms with Crippen molar-refractivity contribution in [3.05, 3.63) is 84.3 Å². The zero-order chi connectivity index (χ0) is 23.4. The van der Waals surface area contributed by atoms with E-state index in [1.54, 1.807) is 61.5 Å². The molecule has 0 saturated heterocycles. The molecule has 3 aromatic carbocycles. The monoisotopic (exact) mass is 464 g/mol. The van der Waals surface area contributed by atoms with Crippen molar-refractivity contribution in [2.75, 3.05) is 17.1 Å². The van der Waals surface area contributed by atoms with E-state index in [0.717, 1.165) is 0 Å². The lowest BCUT2D eigenvalue weighted by Crippen LogP contribution is -2.17. The number of hydrogen-bond acceptors (Lipinski definition) is 7. The molecule has 0 fully saturated rings. The van der Waals surface area contributed by atoms with E-state index >= 15 is 0 Å². The van der Waals surface area contributed by atoms with Gasteiger partial charge in [-0.1, -0.05) is 6.07 Å². The van der Waals surface area contributed by atoms with Gasteiger partial charge in [-0.05, 0) is 73.2 Å². The number of ether oxygens (including phenoxy) is 1. The van der Waals surface area contributed by atoms with Crippen molar-refractivity contribution in [2.24, 2.45) is 0 Å². The van der Waals surface area contributed by atoms with Gasteiger partial charge in [-0.15, -0.1) is 10.2 Å². The van der Waals surface area contributed by atoms with Gasteiger partial charge in [0.2, 0.25) is 12.3 Å². The van der Waals surface area contributed by atoms with Gasteiger partial charge in [0.05, 0.1) is 12.0 Å². The van der Waals surface area contributed by atoms with E-state index in [0.29, 0.717) is 34.1 Å². The van der Waals surface area contributed by atoms with Crippen LogP contribution in [-0.4, -0.2) is 31.6 Å². The fourth-order valence-corrected chi connectivity index (χ4v) is 4.16. The van der Waals surface area contributed by atoms with E-state index in [1.807, 2.05) is 0 Å². The van der Waals surface area contributed by atoms with Gasteiger partial charge in [0.25, 0.3) is 15.9 Å². The first-order valence-corrected chi connectivity index (χ1v) is 11.3. The Kier molecular flexibility index (Phi) is 6.09. The number of carbonyl (C=O) groups excluding carboxylic acids is 1. The van der Waals surface area contributed by atoms with Crippen LogP contribution < -0.4 is 14.8 Å². The Labute approximate surface area is 190 Å². The third-order valence-electron chi connectivity index (χ3n) is 4.86. The molecular formula is C23H20N4O5S. The Morgan fingerprint density at radius 1 is 0.970 bits per heavy atom. The summed E-state index contributed by atoms with van der Waals surface area (Å²) in [6.45, 7) is 1.74. The van der Waals surface area contributed by atoms with E-state index in [1.165, 1.54) is 25.6 Å². The average molecular weight is 465 g/mol. The van der Waals surface area contributed by atoms with Crippen LogP contribution in [0.3, 0.4) is 0 Å². The molecule has 0 aliphatic rings. The van der Waals surface area contributed by atoms with Crippen LogP contribution in [0.4, 0.5) is 11.4 Å². The third kappa shape index (κ3) is 5.01. The molecule has 4 rings (SSSR count). The Morgan fingerprint density at radius 3 is 2.30 bits per heavy atom. The summed E-state index contributed by atoms with van der Waals surface area (Å²) in [5.74, 6) is 0.544. The van der Waals surface area contributed by atoms with Crippen molar-refractivity contribution in [1.29, 1.82) is 0 Å². The lowest BCUT2D eigenvalue weighted by atomic mass is 10.1. The molecule has 0 atom stereocenters. The van der Waals surface area contributed by atoms with Gasteiger partial charge in [0.1, 0.15) is 5.75 Å². The second-order valence-electron chi connectivity index (χ2n) is 7.09. The Hall–Kier alpha value is -4.18. The van der Waals surface area contributed by atoms with Crippen LogP contribution in [0.1, 0.15) is 15.9 Å². The summed E-state index contributed by atoms with van der Waals surface area (Å²) in [5.41, 5.74) is 2.50. The van der Waals surface area contributed by atoms with E-state index in [2.05, 4.69) is 20.2 Å². The molecule has 1 heterocycles. The van der Waals surface area contributed by atoms with Crippen molar-refractivity contribution in [1.82, 2.24) is 10.2 Å². The Morgan fingerprint density at radius 2 is 1.67 bits per heavy atom. The van der Waals surface area contributed by atoms with Crippen LogP contribution in [0.2, 0.25) is 0 Å². The Bertz CT molecular complexity index is 1370. The maximum Gasteiger partial charge on any atom is 0.261 e. The van der Waals surface area contributed by atoms with Gasteiger partial charge in [-0.3, -0.25) is 9.52 Å². The van der Waals surface area contributed by atoms with Crippen molar-refractivity contribution in [2.45, 2.75) is 11.8 Å². The molecule has 0 saturated carbocycles. The molecule has 1 aromatic heterocycles. The number of anilines is 2. The van der Waals surface area contributed by atoms with Crippen molar-refractivity contribution >= 4 is 27.3 Å². The predicted molar refractivity (Wildman–Crippen MR) is 123 cm³/mol. The van der Waals surface area contributed by atoms with Crippen LogP contribution in [0, 0.1) is 6.92 Å². The highest BCUT2D eigenvalue weighted by Gasteiger charge is 2.19. The van der Waals surface area contributed by atoms with E-state index in [9.17, 15) is 13.2 Å². The topological polar surface area (TPSA) is 123 Å². The SMILES string of the molecule is COc1ccc(NS(=O)(=O)c2ccc(C)c(C(=O)Nc3ccc(-c4nnco4)cc3)c2)cc1. The first-order valence-electron chi connectivity index (χ1n) is 9.81. The van der Waals surface area contributed by atoms with Crippen LogP contribution in [-0.2, 0) is 10.0 Å². The number of hydrogen-bond donors (Lipinski definition) is 2. The maximum absolute atomic E-state index is 12.9. The fourth-order valence-electron chi connectivity index (χ4n) is 3.08. The number of nitrogens with one attached hydrogen (secondary N) is 2. The van der Waals surface area contributed by atoms with Crippen LogP contribution >= 0.6 is 0 Å². The van der Waals surface area contributed by atoms with Crippen LogP contribution in [0.25, 0.3) is 11.5 Å². The minimum absolute atomic E-state index is 0.0270. The number of rotatable bonds is 7. The minimum atomic E-state index is -3.90. The van der Waals surface area contributed by atoms with E-state index in [-0.39, 0.29) is 10.5 Å². The summed E-state index contributed by atoms with van der Waals surface area (Å²) < 4.78 is 38.4. The normalized spacial score (nSPS) is 11.1. The third-order valence-corrected chi connectivity index (χ3v) is 6.23. The number of amides is 1. The summed E-state index contributed by atoms with van der Waals surface area (Å²) in [4.78, 5) is 12.8. The fraction of sp³-hybridized carbons (Fsp3) is 0.0870. The number of aromatic nitrogens is 2. The molecule has 33 heavy (non-hydrogen) atoms. The lowest BCUT2D eigenvalue weighted by Gasteiger charge is -2.12. The summed E-state index contributed by atoms with van der Waals surface area (Å²) in [7, 11) is -2.38. The largest absolute Gasteiger partial charge is 0.497 e. The number of nitrogens with zero attached hydrogens (tertiary/aromatic N) is 2. The smallest absolute Gasteiger partial charge is 0.261 e. The Balaban J connectivity index is 1.52. The average Bonchev–Trinajstić information content (AvgIpc) is 3.35. The molecule has 4 aromatic rings. The highest BCUT2D eigenvalue weighted by atomic mass is 32.2. The molecule has 10 heteroatoms. The van der Waals surface area contributed by atoms with Gasteiger partial charge in [0.15, 0.2) is 0 Å². The first kappa shape index (κ1) is 22.0. The van der Waals surface area contributed by atoms with Gasteiger partial charge in [0, 0.05) is 22.5 Å². The van der Waals surface area contributed by atoms with E-state index in [4.69, 9.17) is 9.15 Å². The number of sulfonamides is 1. The molecule has 9 nitrogen and oxygen atoms in total. The molecular weight excluding hydrogens is 444 g/mol. The molecule has 0 bridgehead atoms. The second-order valence-corrected chi connectivity index (χ2v) is 8.77. The van der Waals surface area contributed by atoms with Crippen molar-refractivity contribution in [3.63, 3.8) is 0 Å². The molecule has 1 amide bonds. The van der Waals surface area contributed by atoms with Gasteiger partial charge >= 0.3 is 0 Å². The molecule has 0 radical (unpaired) electrons. The number of methoxy groups -OCH3 is 1.